The van der Waals surface area contributed by atoms with Crippen LogP contribution in [-0.4, -0.2) is 37.2 Å². The lowest BCUT2D eigenvalue weighted by Gasteiger charge is -2.18. The Morgan fingerprint density at radius 1 is 0.333 bits per heavy atom. The quantitative estimate of drug-likeness (QED) is 0.0345. The molecule has 0 aliphatic heterocycles. The SMILES string of the molecule is CCCCCCCCCCCCCCCCCCCC(=O)OC[C@@H](COC(=O)CCCCCCCCCCCCCCC)OC(=O)CCCCCCCCCCC(C)CC. The van der Waals surface area contributed by atoms with Crippen LogP contribution in [0.5, 0.6) is 0 Å². The van der Waals surface area contributed by atoms with Gasteiger partial charge in [-0.25, -0.2) is 0 Å². The highest BCUT2D eigenvalue weighted by molar-refractivity contribution is 5.71. The third-order valence-corrected chi connectivity index (χ3v) is 12.7. The summed E-state index contributed by atoms with van der Waals surface area (Å²) in [6.45, 7) is 9.04. The summed E-state index contributed by atoms with van der Waals surface area (Å²) < 4.78 is 16.8. The Morgan fingerprint density at radius 2 is 0.583 bits per heavy atom. The molecule has 6 heteroatoms. The van der Waals surface area contributed by atoms with Gasteiger partial charge < -0.3 is 14.2 Å². The Labute approximate surface area is 374 Å². The highest BCUT2D eigenvalue weighted by atomic mass is 16.6. The van der Waals surface area contributed by atoms with Gasteiger partial charge in [0.1, 0.15) is 13.2 Å². The van der Waals surface area contributed by atoms with Crippen molar-refractivity contribution in [3.05, 3.63) is 0 Å². The topological polar surface area (TPSA) is 78.9 Å². The molecule has 0 rings (SSSR count). The van der Waals surface area contributed by atoms with E-state index in [2.05, 4.69) is 27.7 Å². The summed E-state index contributed by atoms with van der Waals surface area (Å²) in [4.78, 5) is 38.0. The number of carbonyl (C=O) groups excluding carboxylic acids is 3. The van der Waals surface area contributed by atoms with Crippen LogP contribution in [0.2, 0.25) is 0 Å². The summed E-state index contributed by atoms with van der Waals surface area (Å²) in [6, 6.07) is 0. The third kappa shape index (κ3) is 45.9. The highest BCUT2D eigenvalue weighted by Crippen LogP contribution is 2.18. The Bertz CT molecular complexity index is 905. The van der Waals surface area contributed by atoms with Gasteiger partial charge >= 0.3 is 17.9 Å². The summed E-state index contributed by atoms with van der Waals surface area (Å²) in [5.74, 6) is 0.00149. The molecule has 0 aromatic rings. The minimum Gasteiger partial charge on any atom is -0.462 e. The molecule has 0 amide bonds. The number of hydrogen-bond acceptors (Lipinski definition) is 6. The molecule has 1 unspecified atom stereocenters. The van der Waals surface area contributed by atoms with E-state index in [9.17, 15) is 14.4 Å². The van der Waals surface area contributed by atoms with Crippen LogP contribution in [0.3, 0.4) is 0 Å². The molecule has 0 aromatic heterocycles. The van der Waals surface area contributed by atoms with Crippen LogP contribution in [0.1, 0.15) is 304 Å². The van der Waals surface area contributed by atoms with Crippen molar-refractivity contribution in [2.75, 3.05) is 13.2 Å². The zero-order chi connectivity index (χ0) is 43.8. The van der Waals surface area contributed by atoms with Crippen molar-refractivity contribution in [3.8, 4) is 0 Å². The van der Waals surface area contributed by atoms with Gasteiger partial charge in [-0.05, 0) is 25.2 Å². The molecule has 0 spiro atoms. The lowest BCUT2D eigenvalue weighted by atomic mass is 9.99. The molecular weight excluding hydrogens is 745 g/mol. The zero-order valence-electron chi connectivity index (χ0n) is 40.9. The molecule has 0 N–H and O–H groups in total. The lowest BCUT2D eigenvalue weighted by molar-refractivity contribution is -0.167. The predicted octanol–water partition coefficient (Wildman–Crippen LogP) is 17.5. The number of hydrogen-bond donors (Lipinski definition) is 0. The number of unbranched alkanes of at least 4 members (excludes halogenated alkanes) is 35. The average molecular weight is 849 g/mol. The van der Waals surface area contributed by atoms with Crippen molar-refractivity contribution >= 4 is 17.9 Å². The fraction of sp³-hybridized carbons (Fsp3) is 0.944. The molecule has 0 radical (unpaired) electrons. The molecule has 6 nitrogen and oxygen atoms in total. The van der Waals surface area contributed by atoms with Gasteiger partial charge in [0.15, 0.2) is 6.10 Å². The van der Waals surface area contributed by atoms with Gasteiger partial charge in [0.2, 0.25) is 0 Å². The molecule has 60 heavy (non-hydrogen) atoms. The molecule has 0 heterocycles. The molecule has 0 bridgehead atoms. The second-order valence-electron chi connectivity index (χ2n) is 18.8. The molecule has 0 aliphatic carbocycles. The first-order valence-electron chi connectivity index (χ1n) is 26.9. The Morgan fingerprint density at radius 3 is 0.867 bits per heavy atom. The van der Waals surface area contributed by atoms with Gasteiger partial charge in [-0.1, -0.05) is 265 Å². The number of rotatable bonds is 49. The second-order valence-corrected chi connectivity index (χ2v) is 18.8. The van der Waals surface area contributed by atoms with E-state index >= 15 is 0 Å². The summed E-state index contributed by atoms with van der Waals surface area (Å²) in [7, 11) is 0. The van der Waals surface area contributed by atoms with Gasteiger partial charge in [0.25, 0.3) is 0 Å². The highest BCUT2D eigenvalue weighted by Gasteiger charge is 2.19. The maximum Gasteiger partial charge on any atom is 0.306 e. The summed E-state index contributed by atoms with van der Waals surface area (Å²) in [5.41, 5.74) is 0. The van der Waals surface area contributed by atoms with Crippen LogP contribution in [0, 0.1) is 5.92 Å². The van der Waals surface area contributed by atoms with Crippen molar-refractivity contribution < 1.29 is 28.6 Å². The van der Waals surface area contributed by atoms with Gasteiger partial charge in [-0.2, -0.15) is 0 Å². The number of esters is 3. The lowest BCUT2D eigenvalue weighted by Crippen LogP contribution is -2.30. The maximum atomic E-state index is 12.8. The Balaban J connectivity index is 4.28. The molecule has 0 saturated carbocycles. The predicted molar refractivity (Wildman–Crippen MR) is 257 cm³/mol. The smallest absolute Gasteiger partial charge is 0.306 e. The van der Waals surface area contributed by atoms with E-state index in [0.717, 1.165) is 63.7 Å². The van der Waals surface area contributed by atoms with E-state index in [1.165, 1.54) is 199 Å². The van der Waals surface area contributed by atoms with E-state index in [-0.39, 0.29) is 31.1 Å². The van der Waals surface area contributed by atoms with E-state index in [0.29, 0.717) is 19.3 Å². The number of ether oxygens (including phenoxy) is 3. The van der Waals surface area contributed by atoms with Gasteiger partial charge in [0.05, 0.1) is 0 Å². The largest absolute Gasteiger partial charge is 0.462 e. The third-order valence-electron chi connectivity index (χ3n) is 12.7. The van der Waals surface area contributed by atoms with E-state index < -0.39 is 6.10 Å². The van der Waals surface area contributed by atoms with Gasteiger partial charge in [0, 0.05) is 19.3 Å². The van der Waals surface area contributed by atoms with E-state index in [1.807, 2.05) is 0 Å². The fourth-order valence-corrected chi connectivity index (χ4v) is 8.19. The van der Waals surface area contributed by atoms with Gasteiger partial charge in [-0.15, -0.1) is 0 Å². The minimum absolute atomic E-state index is 0.0629. The molecule has 0 aromatic carbocycles. The van der Waals surface area contributed by atoms with Crippen molar-refractivity contribution in [3.63, 3.8) is 0 Å². The molecule has 0 fully saturated rings. The monoisotopic (exact) mass is 849 g/mol. The summed E-state index contributed by atoms with van der Waals surface area (Å²) in [6.07, 6.45) is 50.8. The maximum absolute atomic E-state index is 12.8. The van der Waals surface area contributed by atoms with Crippen LogP contribution in [0.15, 0.2) is 0 Å². The van der Waals surface area contributed by atoms with Crippen molar-refractivity contribution in [2.24, 2.45) is 5.92 Å². The minimum atomic E-state index is -0.761. The summed E-state index contributed by atoms with van der Waals surface area (Å²) >= 11 is 0. The molecule has 0 aliphatic rings. The zero-order valence-corrected chi connectivity index (χ0v) is 40.9. The Hall–Kier alpha value is -1.59. The van der Waals surface area contributed by atoms with Crippen LogP contribution in [0.4, 0.5) is 0 Å². The first-order valence-corrected chi connectivity index (χ1v) is 26.9. The normalized spacial score (nSPS) is 12.4. The van der Waals surface area contributed by atoms with Crippen molar-refractivity contribution in [2.45, 2.75) is 310 Å². The standard InChI is InChI=1S/C54H104O6/c1-5-8-10-12-14-16-18-20-21-22-23-25-27-29-34-38-42-46-53(56)59-49-51(60-54(57)47-43-39-35-31-30-32-36-40-44-50(4)7-3)48-58-52(55)45-41-37-33-28-26-24-19-17-15-13-11-9-6-2/h50-51H,5-49H2,1-4H3/t50?,51-/m1/s1. The van der Waals surface area contributed by atoms with E-state index in [4.69, 9.17) is 14.2 Å². The molecule has 2 atom stereocenters. The fourth-order valence-electron chi connectivity index (χ4n) is 8.19. The second kappa shape index (κ2) is 48.4. The van der Waals surface area contributed by atoms with Crippen molar-refractivity contribution in [1.82, 2.24) is 0 Å². The first-order chi connectivity index (χ1) is 29.4. The van der Waals surface area contributed by atoms with Crippen LogP contribution in [0.25, 0.3) is 0 Å². The average Bonchev–Trinajstić information content (AvgIpc) is 3.25. The van der Waals surface area contributed by atoms with Crippen LogP contribution < -0.4 is 0 Å². The Kier molecular flexibility index (Phi) is 47.2. The van der Waals surface area contributed by atoms with Crippen LogP contribution in [-0.2, 0) is 28.6 Å². The summed E-state index contributed by atoms with van der Waals surface area (Å²) in [5, 5.41) is 0. The van der Waals surface area contributed by atoms with Gasteiger partial charge in [-0.3, -0.25) is 14.4 Å². The van der Waals surface area contributed by atoms with Crippen LogP contribution >= 0.6 is 0 Å². The van der Waals surface area contributed by atoms with E-state index in [1.54, 1.807) is 0 Å². The molecule has 356 valence electrons. The molecular formula is C54H104O6. The number of carbonyl (C=O) groups is 3. The molecule has 0 saturated heterocycles. The van der Waals surface area contributed by atoms with Crippen molar-refractivity contribution in [1.29, 1.82) is 0 Å². The first kappa shape index (κ1) is 58.4.